The Kier molecular flexibility index (Phi) is 4.98. The van der Waals surface area contributed by atoms with Crippen LogP contribution in [-0.4, -0.2) is 0 Å². The molecule has 0 fully saturated rings. The molecule has 1 heteroatoms. The fourth-order valence-electron chi connectivity index (χ4n) is 3.97. The second-order valence-corrected chi connectivity index (χ2v) is 9.27. The Balaban J connectivity index is 1.84. The van der Waals surface area contributed by atoms with Crippen LogP contribution in [0.4, 0.5) is 0 Å². The first-order chi connectivity index (χ1) is 12.9. The molecule has 1 aliphatic carbocycles. The van der Waals surface area contributed by atoms with Gasteiger partial charge in [0, 0.05) is 8.99 Å². The molecule has 0 N–H and O–H groups in total. The lowest BCUT2D eigenvalue weighted by atomic mass is 9.75. The highest BCUT2D eigenvalue weighted by Crippen LogP contribution is 2.38. The van der Waals surface area contributed by atoms with Gasteiger partial charge in [0.25, 0.3) is 0 Å². The minimum atomic E-state index is -0.0564. The molecule has 136 valence electrons. The SMILES string of the molecule is C=C1/C=C\CCCc2ccc(-c3ccc4cc(I)ccc4c3)cc2C1(C)C. The minimum absolute atomic E-state index is 0.0564. The van der Waals surface area contributed by atoms with Gasteiger partial charge in [-0.1, -0.05) is 62.9 Å². The van der Waals surface area contributed by atoms with Gasteiger partial charge in [-0.15, -0.1) is 0 Å². The molecule has 3 aromatic rings. The van der Waals surface area contributed by atoms with Crippen molar-refractivity contribution in [3.63, 3.8) is 0 Å². The largest absolute Gasteiger partial charge is 0.0950 e. The highest BCUT2D eigenvalue weighted by Gasteiger charge is 2.26. The van der Waals surface area contributed by atoms with E-state index in [0.717, 1.165) is 12.8 Å². The van der Waals surface area contributed by atoms with Gasteiger partial charge in [0.1, 0.15) is 0 Å². The van der Waals surface area contributed by atoms with Gasteiger partial charge >= 0.3 is 0 Å². The van der Waals surface area contributed by atoms with Crippen LogP contribution in [0, 0.1) is 3.57 Å². The van der Waals surface area contributed by atoms with Crippen molar-refractivity contribution in [2.45, 2.75) is 38.5 Å². The summed E-state index contributed by atoms with van der Waals surface area (Å²) < 4.78 is 1.28. The summed E-state index contributed by atoms with van der Waals surface area (Å²) in [5, 5.41) is 2.59. The molecule has 0 amide bonds. The van der Waals surface area contributed by atoms with E-state index in [1.54, 1.807) is 0 Å². The lowest BCUT2D eigenvalue weighted by Crippen LogP contribution is -2.20. The highest BCUT2D eigenvalue weighted by molar-refractivity contribution is 14.1. The third kappa shape index (κ3) is 3.62. The molecule has 0 nitrogen and oxygen atoms in total. The molecule has 0 spiro atoms. The van der Waals surface area contributed by atoms with E-state index >= 15 is 0 Å². The predicted octanol–water partition coefficient (Wildman–Crippen LogP) is 7.84. The maximum absolute atomic E-state index is 4.37. The molecule has 0 bridgehead atoms. The van der Waals surface area contributed by atoms with Crippen molar-refractivity contribution in [3.05, 3.63) is 93.6 Å². The Bertz CT molecular complexity index is 1050. The quantitative estimate of drug-likeness (QED) is 0.322. The molecule has 0 heterocycles. The minimum Gasteiger partial charge on any atom is -0.0950 e. The lowest BCUT2D eigenvalue weighted by Gasteiger charge is -2.29. The first-order valence-corrected chi connectivity index (χ1v) is 10.7. The number of fused-ring (bicyclic) bond motifs is 2. The standard InChI is InChI=1S/C26H25I/c1-18-7-5-4-6-8-19-9-10-23(17-25(19)26(18,2)3)20-11-12-22-16-24(27)14-13-21(22)15-20/h5,7,9-17H,1,4,6,8H2,2-3H3/b7-5-. The third-order valence-corrected chi connectivity index (χ3v) is 6.53. The van der Waals surface area contributed by atoms with E-state index in [9.17, 15) is 0 Å². The Morgan fingerprint density at radius 1 is 0.889 bits per heavy atom. The number of hydrogen-bond acceptors (Lipinski definition) is 0. The van der Waals surface area contributed by atoms with Crippen LogP contribution >= 0.6 is 22.6 Å². The molecule has 0 unspecified atom stereocenters. The maximum Gasteiger partial charge on any atom is 0.0143 e. The average molecular weight is 464 g/mol. The monoisotopic (exact) mass is 464 g/mol. The van der Waals surface area contributed by atoms with E-state index in [1.165, 1.54) is 48.6 Å². The van der Waals surface area contributed by atoms with Gasteiger partial charge in [-0.25, -0.2) is 0 Å². The van der Waals surface area contributed by atoms with Crippen LogP contribution in [0.25, 0.3) is 21.9 Å². The summed E-state index contributed by atoms with van der Waals surface area (Å²) >= 11 is 2.37. The molecule has 0 atom stereocenters. The van der Waals surface area contributed by atoms with E-state index in [4.69, 9.17) is 0 Å². The van der Waals surface area contributed by atoms with E-state index in [2.05, 4.69) is 110 Å². The zero-order chi connectivity index (χ0) is 19.0. The molecular formula is C26H25I. The highest BCUT2D eigenvalue weighted by atomic mass is 127. The molecular weight excluding hydrogens is 439 g/mol. The van der Waals surface area contributed by atoms with Gasteiger partial charge in [-0.2, -0.15) is 0 Å². The van der Waals surface area contributed by atoms with Crippen LogP contribution in [-0.2, 0) is 11.8 Å². The summed E-state index contributed by atoms with van der Waals surface area (Å²) in [6.45, 7) is 8.98. The molecule has 0 saturated carbocycles. The molecule has 1 aliphatic rings. The molecule has 4 rings (SSSR count). The van der Waals surface area contributed by atoms with Crippen molar-refractivity contribution in [3.8, 4) is 11.1 Å². The number of aryl methyl sites for hydroxylation is 1. The van der Waals surface area contributed by atoms with E-state index < -0.39 is 0 Å². The zero-order valence-corrected chi connectivity index (χ0v) is 18.2. The second kappa shape index (κ2) is 7.27. The van der Waals surface area contributed by atoms with Crippen LogP contribution < -0.4 is 0 Å². The first-order valence-electron chi connectivity index (χ1n) is 9.64. The van der Waals surface area contributed by atoms with E-state index in [1.807, 2.05) is 0 Å². The molecule has 0 aliphatic heterocycles. The Morgan fingerprint density at radius 3 is 2.44 bits per heavy atom. The van der Waals surface area contributed by atoms with Crippen LogP contribution in [0.1, 0.15) is 37.8 Å². The fourth-order valence-corrected chi connectivity index (χ4v) is 4.48. The predicted molar refractivity (Wildman–Crippen MR) is 126 cm³/mol. The number of allylic oxidation sites excluding steroid dienone is 3. The van der Waals surface area contributed by atoms with Crippen LogP contribution in [0.2, 0.25) is 0 Å². The number of halogens is 1. The van der Waals surface area contributed by atoms with E-state index in [0.29, 0.717) is 0 Å². The van der Waals surface area contributed by atoms with Crippen molar-refractivity contribution >= 4 is 33.4 Å². The average Bonchev–Trinajstić information content (AvgIpc) is 2.71. The summed E-state index contributed by atoms with van der Waals surface area (Å²) in [4.78, 5) is 0. The van der Waals surface area contributed by atoms with Crippen molar-refractivity contribution < 1.29 is 0 Å². The first kappa shape index (κ1) is 18.5. The Hall–Kier alpha value is -1.87. The number of benzene rings is 3. The van der Waals surface area contributed by atoms with E-state index in [-0.39, 0.29) is 5.41 Å². The molecule has 27 heavy (non-hydrogen) atoms. The normalized spacial score (nSPS) is 17.7. The Morgan fingerprint density at radius 2 is 1.59 bits per heavy atom. The van der Waals surface area contributed by atoms with Gasteiger partial charge in [0.2, 0.25) is 0 Å². The lowest BCUT2D eigenvalue weighted by molar-refractivity contribution is 0.632. The second-order valence-electron chi connectivity index (χ2n) is 8.02. The maximum atomic E-state index is 4.37. The number of rotatable bonds is 1. The van der Waals surface area contributed by atoms with Gasteiger partial charge in [0.15, 0.2) is 0 Å². The van der Waals surface area contributed by atoms with Gasteiger partial charge in [-0.05, 0) is 105 Å². The molecule has 3 aromatic carbocycles. The fraction of sp³-hybridized carbons (Fsp3) is 0.231. The molecule has 0 saturated heterocycles. The van der Waals surface area contributed by atoms with Crippen molar-refractivity contribution in [2.24, 2.45) is 0 Å². The van der Waals surface area contributed by atoms with Crippen LogP contribution in [0.15, 0.2) is 78.9 Å². The number of hydrogen-bond donors (Lipinski definition) is 0. The summed E-state index contributed by atoms with van der Waals surface area (Å²) in [5.41, 5.74) is 6.58. The zero-order valence-electron chi connectivity index (χ0n) is 16.1. The van der Waals surface area contributed by atoms with Gasteiger partial charge in [-0.3, -0.25) is 0 Å². The summed E-state index contributed by atoms with van der Waals surface area (Å²) in [6.07, 6.45) is 7.95. The smallest absolute Gasteiger partial charge is 0.0143 e. The van der Waals surface area contributed by atoms with Crippen LogP contribution in [0.3, 0.4) is 0 Å². The van der Waals surface area contributed by atoms with Crippen molar-refractivity contribution in [2.75, 3.05) is 0 Å². The van der Waals surface area contributed by atoms with Gasteiger partial charge in [0.05, 0.1) is 0 Å². The van der Waals surface area contributed by atoms with Crippen LogP contribution in [0.5, 0.6) is 0 Å². The summed E-state index contributed by atoms with van der Waals surface area (Å²) in [5.74, 6) is 0. The van der Waals surface area contributed by atoms with Crippen molar-refractivity contribution in [1.82, 2.24) is 0 Å². The summed E-state index contributed by atoms with van der Waals surface area (Å²) in [7, 11) is 0. The third-order valence-electron chi connectivity index (χ3n) is 5.86. The molecule has 0 radical (unpaired) electrons. The Labute approximate surface area is 176 Å². The topological polar surface area (TPSA) is 0 Å². The van der Waals surface area contributed by atoms with Crippen molar-refractivity contribution in [1.29, 1.82) is 0 Å². The summed E-state index contributed by atoms with van der Waals surface area (Å²) in [6, 6.07) is 20.4. The van der Waals surface area contributed by atoms with Gasteiger partial charge < -0.3 is 0 Å². The molecule has 0 aromatic heterocycles.